The van der Waals surface area contributed by atoms with Gasteiger partial charge in [0.05, 0.1) is 5.69 Å². The van der Waals surface area contributed by atoms with Crippen LogP contribution in [0.1, 0.15) is 25.0 Å². The van der Waals surface area contributed by atoms with Crippen LogP contribution in [0.25, 0.3) is 54.7 Å². The second-order valence-corrected chi connectivity index (χ2v) is 9.63. The quantitative estimate of drug-likeness (QED) is 0.242. The van der Waals surface area contributed by atoms with Crippen LogP contribution in [0.5, 0.6) is 0 Å². The van der Waals surface area contributed by atoms with E-state index in [9.17, 15) is 0 Å². The summed E-state index contributed by atoms with van der Waals surface area (Å²) in [4.78, 5) is 4.59. The van der Waals surface area contributed by atoms with Crippen molar-refractivity contribution in [2.24, 2.45) is 0 Å². The first-order valence-corrected chi connectivity index (χ1v) is 11.6. The number of rotatable bonds is 1. The second-order valence-electron chi connectivity index (χ2n) is 9.63. The molecule has 0 amide bonds. The van der Waals surface area contributed by atoms with Gasteiger partial charge in [-0.3, -0.25) is 4.98 Å². The third kappa shape index (κ3) is 2.51. The van der Waals surface area contributed by atoms with Crippen LogP contribution in [-0.2, 0) is 5.41 Å². The van der Waals surface area contributed by atoms with Crippen molar-refractivity contribution in [2.75, 3.05) is 0 Å². The molecule has 156 valence electrons. The van der Waals surface area contributed by atoms with Gasteiger partial charge in [-0.2, -0.15) is 0 Å². The first-order chi connectivity index (χ1) is 16.1. The Labute approximate surface area is 193 Å². The van der Waals surface area contributed by atoms with Crippen molar-refractivity contribution in [3.8, 4) is 22.4 Å². The Hall–Kier alpha value is -3.97. The lowest BCUT2D eigenvalue weighted by Crippen LogP contribution is -2.14. The van der Waals surface area contributed by atoms with E-state index in [4.69, 9.17) is 0 Å². The van der Waals surface area contributed by atoms with E-state index in [1.165, 1.54) is 60.1 Å². The molecular formula is C32H23N. The van der Waals surface area contributed by atoms with Gasteiger partial charge in [0.15, 0.2) is 0 Å². The molecule has 0 aliphatic heterocycles. The average molecular weight is 422 g/mol. The minimum atomic E-state index is -0.0474. The lowest BCUT2D eigenvalue weighted by Gasteiger charge is -2.22. The molecule has 0 bridgehead atoms. The first kappa shape index (κ1) is 18.6. The van der Waals surface area contributed by atoms with Gasteiger partial charge in [0.1, 0.15) is 0 Å². The van der Waals surface area contributed by atoms with Gasteiger partial charge in [0, 0.05) is 17.2 Å². The largest absolute Gasteiger partial charge is 0.256 e. The van der Waals surface area contributed by atoms with Gasteiger partial charge in [0.2, 0.25) is 0 Å². The van der Waals surface area contributed by atoms with Gasteiger partial charge < -0.3 is 0 Å². The van der Waals surface area contributed by atoms with Crippen molar-refractivity contribution >= 4 is 32.3 Å². The predicted molar refractivity (Wildman–Crippen MR) is 140 cm³/mol. The van der Waals surface area contributed by atoms with Gasteiger partial charge in [-0.15, -0.1) is 0 Å². The predicted octanol–water partition coefficient (Wildman–Crippen LogP) is 8.51. The van der Waals surface area contributed by atoms with Crippen molar-refractivity contribution < 1.29 is 0 Å². The molecule has 1 heteroatoms. The highest BCUT2D eigenvalue weighted by Crippen LogP contribution is 2.52. The molecule has 0 saturated heterocycles. The number of fused-ring (bicyclic) bond motifs is 9. The molecule has 7 rings (SSSR count). The van der Waals surface area contributed by atoms with Gasteiger partial charge in [0.25, 0.3) is 0 Å². The van der Waals surface area contributed by atoms with Crippen molar-refractivity contribution in [3.63, 3.8) is 0 Å². The molecule has 1 nitrogen and oxygen atoms in total. The Balaban J connectivity index is 1.60. The van der Waals surface area contributed by atoms with Gasteiger partial charge >= 0.3 is 0 Å². The topological polar surface area (TPSA) is 12.9 Å². The summed E-state index contributed by atoms with van der Waals surface area (Å²) in [6, 6.07) is 35.5. The van der Waals surface area contributed by atoms with E-state index in [1.807, 2.05) is 12.3 Å². The summed E-state index contributed by atoms with van der Waals surface area (Å²) >= 11 is 0. The normalized spacial score (nSPS) is 14.0. The molecule has 5 aromatic carbocycles. The second kappa shape index (κ2) is 6.52. The van der Waals surface area contributed by atoms with Gasteiger partial charge in [-0.05, 0) is 84.9 Å². The van der Waals surface area contributed by atoms with Crippen LogP contribution in [0.2, 0.25) is 0 Å². The minimum Gasteiger partial charge on any atom is -0.256 e. The van der Waals surface area contributed by atoms with Crippen molar-refractivity contribution in [1.82, 2.24) is 4.98 Å². The van der Waals surface area contributed by atoms with Crippen LogP contribution in [0.15, 0.2) is 103 Å². The third-order valence-corrected chi connectivity index (χ3v) is 7.50. The maximum absolute atomic E-state index is 4.59. The molecule has 1 heterocycles. The lowest BCUT2D eigenvalue weighted by atomic mass is 9.81. The molecular weight excluding hydrogens is 398 g/mol. The van der Waals surface area contributed by atoms with Crippen molar-refractivity contribution in [1.29, 1.82) is 0 Å². The first-order valence-electron chi connectivity index (χ1n) is 11.6. The van der Waals surface area contributed by atoms with Crippen LogP contribution < -0.4 is 0 Å². The zero-order chi connectivity index (χ0) is 22.2. The molecule has 0 saturated carbocycles. The number of hydrogen-bond donors (Lipinski definition) is 0. The van der Waals surface area contributed by atoms with E-state index in [0.717, 1.165) is 5.69 Å². The summed E-state index contributed by atoms with van der Waals surface area (Å²) in [6.07, 6.45) is 1.87. The third-order valence-electron chi connectivity index (χ3n) is 7.50. The maximum atomic E-state index is 4.59. The molecule has 6 aromatic rings. The van der Waals surface area contributed by atoms with Crippen molar-refractivity contribution in [3.05, 3.63) is 114 Å². The van der Waals surface area contributed by atoms with Crippen LogP contribution in [-0.4, -0.2) is 4.98 Å². The monoisotopic (exact) mass is 421 g/mol. The molecule has 1 aliphatic carbocycles. The summed E-state index contributed by atoms with van der Waals surface area (Å²) in [6.45, 7) is 4.71. The van der Waals surface area contributed by atoms with E-state index in [0.29, 0.717) is 0 Å². The molecule has 1 aliphatic rings. The molecule has 1 aromatic heterocycles. The van der Waals surface area contributed by atoms with Crippen LogP contribution in [0, 0.1) is 0 Å². The molecule has 0 unspecified atom stereocenters. The Kier molecular flexibility index (Phi) is 3.67. The van der Waals surface area contributed by atoms with E-state index in [-0.39, 0.29) is 5.41 Å². The van der Waals surface area contributed by atoms with Crippen molar-refractivity contribution in [2.45, 2.75) is 19.3 Å². The summed E-state index contributed by atoms with van der Waals surface area (Å²) in [5.74, 6) is 0. The Bertz CT molecular complexity index is 1730. The Morgan fingerprint density at radius 3 is 1.73 bits per heavy atom. The van der Waals surface area contributed by atoms with E-state index >= 15 is 0 Å². The summed E-state index contributed by atoms with van der Waals surface area (Å²) in [5.41, 5.74) is 7.61. The van der Waals surface area contributed by atoms with Gasteiger partial charge in [-0.1, -0.05) is 80.6 Å². The van der Waals surface area contributed by atoms with Crippen LogP contribution in [0.4, 0.5) is 0 Å². The van der Waals surface area contributed by atoms with Gasteiger partial charge in [-0.25, -0.2) is 0 Å². The zero-order valence-corrected chi connectivity index (χ0v) is 18.8. The molecule has 0 atom stereocenters. The molecule has 0 fully saturated rings. The number of aromatic nitrogens is 1. The average Bonchev–Trinajstić information content (AvgIpc) is 3.09. The number of hydrogen-bond acceptors (Lipinski definition) is 1. The zero-order valence-electron chi connectivity index (χ0n) is 18.8. The van der Waals surface area contributed by atoms with E-state index in [2.05, 4.69) is 110 Å². The molecule has 33 heavy (non-hydrogen) atoms. The lowest BCUT2D eigenvalue weighted by molar-refractivity contribution is 0.661. The Morgan fingerprint density at radius 2 is 1.09 bits per heavy atom. The minimum absolute atomic E-state index is 0.0474. The summed E-state index contributed by atoms with van der Waals surface area (Å²) in [7, 11) is 0. The van der Waals surface area contributed by atoms with Crippen LogP contribution >= 0.6 is 0 Å². The fourth-order valence-electron chi connectivity index (χ4n) is 5.84. The fourth-order valence-corrected chi connectivity index (χ4v) is 5.84. The van der Waals surface area contributed by atoms with E-state index in [1.54, 1.807) is 0 Å². The molecule has 0 spiro atoms. The summed E-state index contributed by atoms with van der Waals surface area (Å²) < 4.78 is 0. The smallest absolute Gasteiger partial charge is 0.0702 e. The highest BCUT2D eigenvalue weighted by atomic mass is 14.7. The fraction of sp³-hybridized carbons (Fsp3) is 0.0938. The molecule has 0 N–H and O–H groups in total. The SMILES string of the molecule is CC1(C)c2ccc(-c3ccccn3)cc2-c2cc3c4ccccc4c4ccccc4c3cc21. The Morgan fingerprint density at radius 1 is 0.515 bits per heavy atom. The maximum Gasteiger partial charge on any atom is 0.0702 e. The highest BCUT2D eigenvalue weighted by molar-refractivity contribution is 6.26. The molecule has 0 radical (unpaired) electrons. The van der Waals surface area contributed by atoms with E-state index < -0.39 is 0 Å². The highest BCUT2D eigenvalue weighted by Gasteiger charge is 2.36. The summed E-state index contributed by atoms with van der Waals surface area (Å²) in [5, 5.41) is 7.96. The number of nitrogens with zero attached hydrogens (tertiary/aromatic N) is 1. The van der Waals surface area contributed by atoms with Crippen LogP contribution in [0.3, 0.4) is 0 Å². The number of benzene rings is 5. The number of pyridine rings is 1. The standard InChI is InChI=1S/C32H23N/c1-32(2)29-15-14-20(31-13-7-8-16-33-31)17-27(29)28-18-25-23-11-5-3-9-21(23)22-10-4-6-12-24(22)26(25)19-30(28)32/h3-19H,1-2H3.